The molecule has 0 heterocycles. The molecule has 0 saturated heterocycles. The lowest BCUT2D eigenvalue weighted by Gasteiger charge is -2.07. The summed E-state index contributed by atoms with van der Waals surface area (Å²) in [5, 5.41) is 0. The Morgan fingerprint density at radius 3 is 2.27 bits per heavy atom. The fourth-order valence-electron chi connectivity index (χ4n) is 1.02. The summed E-state index contributed by atoms with van der Waals surface area (Å²) in [6.07, 6.45) is 0.657. The third kappa shape index (κ3) is 3.64. The van der Waals surface area contributed by atoms with Crippen LogP contribution in [0.1, 0.15) is 11.1 Å². The number of hydrogen-bond acceptors (Lipinski definition) is 1. The van der Waals surface area contributed by atoms with Crippen molar-refractivity contribution in [1.29, 1.82) is 0 Å². The Kier molecular flexibility index (Phi) is 3.75. The molecule has 0 unspecified atom stereocenters. The van der Waals surface area contributed by atoms with Gasteiger partial charge in [0, 0.05) is 0 Å². The highest BCUT2D eigenvalue weighted by Crippen LogP contribution is 2.29. The monoisotopic (exact) mass is 214 g/mol. The van der Waals surface area contributed by atoms with E-state index < -0.39 is 11.7 Å². The molecule has 0 aliphatic carbocycles. The normalized spacial score (nSPS) is 11.1. The average molecular weight is 214 g/mol. The van der Waals surface area contributed by atoms with Crippen LogP contribution in [0.4, 0.5) is 13.2 Å². The Labute approximate surface area is 85.9 Å². The second-order valence-electron chi connectivity index (χ2n) is 2.89. The first kappa shape index (κ1) is 11.6. The van der Waals surface area contributed by atoms with Crippen molar-refractivity contribution in [3.05, 3.63) is 35.4 Å². The van der Waals surface area contributed by atoms with Crippen LogP contribution in [0.3, 0.4) is 0 Å². The molecule has 0 amide bonds. The van der Waals surface area contributed by atoms with Gasteiger partial charge in [0.05, 0.1) is 12.2 Å². The Balaban J connectivity index is 2.61. The Morgan fingerprint density at radius 1 is 1.20 bits per heavy atom. The van der Waals surface area contributed by atoms with Crippen LogP contribution in [0, 0.1) is 12.3 Å². The van der Waals surface area contributed by atoms with Crippen molar-refractivity contribution in [2.45, 2.75) is 12.8 Å². The van der Waals surface area contributed by atoms with Crippen molar-refractivity contribution in [2.24, 2.45) is 0 Å². The lowest BCUT2D eigenvalue weighted by atomic mass is 10.1. The van der Waals surface area contributed by atoms with E-state index >= 15 is 0 Å². The third-order valence-electron chi connectivity index (χ3n) is 1.74. The first-order chi connectivity index (χ1) is 7.04. The molecule has 0 N–H and O–H groups in total. The van der Waals surface area contributed by atoms with Crippen LogP contribution in [-0.4, -0.2) is 6.61 Å². The highest BCUT2D eigenvalue weighted by atomic mass is 19.4. The summed E-state index contributed by atoms with van der Waals surface area (Å²) in [6.45, 7) is 0.378. The summed E-state index contributed by atoms with van der Waals surface area (Å²) >= 11 is 0. The second-order valence-corrected chi connectivity index (χ2v) is 2.89. The second kappa shape index (κ2) is 4.85. The summed E-state index contributed by atoms with van der Waals surface area (Å²) in [5.41, 5.74) is 0.00134. The van der Waals surface area contributed by atoms with E-state index in [9.17, 15) is 13.2 Å². The third-order valence-corrected chi connectivity index (χ3v) is 1.74. The molecule has 0 saturated carbocycles. The number of halogens is 3. The Hall–Kier alpha value is -1.47. The van der Waals surface area contributed by atoms with E-state index in [1.54, 1.807) is 0 Å². The highest BCUT2D eigenvalue weighted by molar-refractivity contribution is 5.24. The predicted molar refractivity (Wildman–Crippen MR) is 49.9 cm³/mol. The fraction of sp³-hybridized carbons (Fsp3) is 0.273. The van der Waals surface area contributed by atoms with Crippen LogP contribution in [0.15, 0.2) is 24.3 Å². The Morgan fingerprint density at radius 2 is 1.80 bits per heavy atom. The summed E-state index contributed by atoms with van der Waals surface area (Å²) < 4.78 is 41.5. The van der Waals surface area contributed by atoms with E-state index in [-0.39, 0.29) is 13.2 Å². The Bertz CT molecular complexity index is 346. The van der Waals surface area contributed by atoms with Gasteiger partial charge in [0.2, 0.25) is 0 Å². The summed E-state index contributed by atoms with van der Waals surface area (Å²) in [6, 6.07) is 4.79. The predicted octanol–water partition coefficient (Wildman–Crippen LogP) is 2.86. The standard InChI is InChI=1S/C11H9F3O/c1-2-7-15-8-9-3-5-10(6-4-9)11(12,13)14/h1,3-6H,7-8H2. The van der Waals surface area contributed by atoms with Crippen molar-refractivity contribution < 1.29 is 17.9 Å². The molecule has 0 radical (unpaired) electrons. The van der Waals surface area contributed by atoms with Crippen molar-refractivity contribution in [2.75, 3.05) is 6.61 Å². The van der Waals surface area contributed by atoms with Crippen LogP contribution < -0.4 is 0 Å². The SMILES string of the molecule is C#CCOCc1ccc(C(F)(F)F)cc1. The minimum Gasteiger partial charge on any atom is -0.364 e. The van der Waals surface area contributed by atoms with Crippen molar-refractivity contribution in [1.82, 2.24) is 0 Å². The van der Waals surface area contributed by atoms with Gasteiger partial charge in [-0.15, -0.1) is 6.42 Å². The quantitative estimate of drug-likeness (QED) is 0.555. The smallest absolute Gasteiger partial charge is 0.364 e. The number of hydrogen-bond donors (Lipinski definition) is 0. The van der Waals surface area contributed by atoms with Crippen molar-refractivity contribution in [3.63, 3.8) is 0 Å². The zero-order chi connectivity index (χ0) is 11.3. The van der Waals surface area contributed by atoms with Gasteiger partial charge < -0.3 is 4.74 Å². The molecule has 1 aromatic carbocycles. The van der Waals surface area contributed by atoms with Gasteiger partial charge in [0.25, 0.3) is 0 Å². The zero-order valence-electron chi connectivity index (χ0n) is 7.84. The summed E-state index contributed by atoms with van der Waals surface area (Å²) in [4.78, 5) is 0. The molecule has 15 heavy (non-hydrogen) atoms. The van der Waals surface area contributed by atoms with Gasteiger partial charge >= 0.3 is 6.18 Å². The van der Waals surface area contributed by atoms with Gasteiger partial charge in [-0.1, -0.05) is 18.1 Å². The molecular formula is C11H9F3O. The van der Waals surface area contributed by atoms with Gasteiger partial charge in [-0.05, 0) is 17.7 Å². The van der Waals surface area contributed by atoms with E-state index in [2.05, 4.69) is 5.92 Å². The van der Waals surface area contributed by atoms with Crippen LogP contribution in [0.2, 0.25) is 0 Å². The molecule has 0 atom stereocenters. The molecule has 0 bridgehead atoms. The van der Waals surface area contributed by atoms with Crippen molar-refractivity contribution in [3.8, 4) is 12.3 Å². The first-order valence-electron chi connectivity index (χ1n) is 4.21. The highest BCUT2D eigenvalue weighted by Gasteiger charge is 2.29. The van der Waals surface area contributed by atoms with Gasteiger partial charge in [-0.25, -0.2) is 0 Å². The summed E-state index contributed by atoms with van der Waals surface area (Å²) in [5.74, 6) is 2.27. The molecule has 80 valence electrons. The average Bonchev–Trinajstić information content (AvgIpc) is 2.18. The molecular weight excluding hydrogens is 205 g/mol. The molecule has 4 heteroatoms. The van der Waals surface area contributed by atoms with E-state index in [4.69, 9.17) is 11.2 Å². The molecule has 1 rings (SSSR count). The maximum atomic E-state index is 12.2. The van der Waals surface area contributed by atoms with Gasteiger partial charge in [0.15, 0.2) is 0 Å². The van der Waals surface area contributed by atoms with Gasteiger partial charge in [0.1, 0.15) is 6.61 Å². The molecule has 0 fully saturated rings. The van der Waals surface area contributed by atoms with E-state index in [0.29, 0.717) is 5.56 Å². The van der Waals surface area contributed by atoms with Gasteiger partial charge in [-0.3, -0.25) is 0 Å². The largest absolute Gasteiger partial charge is 0.416 e. The minimum absolute atomic E-state index is 0.154. The molecule has 0 aliphatic heterocycles. The number of rotatable bonds is 3. The first-order valence-corrected chi connectivity index (χ1v) is 4.21. The number of benzene rings is 1. The lowest BCUT2D eigenvalue weighted by Crippen LogP contribution is -2.04. The number of terminal acetylenes is 1. The minimum atomic E-state index is -4.29. The lowest BCUT2D eigenvalue weighted by molar-refractivity contribution is -0.137. The van der Waals surface area contributed by atoms with Crippen LogP contribution in [0.25, 0.3) is 0 Å². The molecule has 0 aromatic heterocycles. The number of ether oxygens (including phenoxy) is 1. The summed E-state index contributed by atoms with van der Waals surface area (Å²) in [7, 11) is 0. The molecule has 0 aliphatic rings. The fourth-order valence-corrected chi connectivity index (χ4v) is 1.02. The zero-order valence-corrected chi connectivity index (χ0v) is 7.84. The molecule has 0 spiro atoms. The molecule has 1 nitrogen and oxygen atoms in total. The number of alkyl halides is 3. The van der Waals surface area contributed by atoms with Crippen LogP contribution in [0.5, 0.6) is 0 Å². The maximum absolute atomic E-state index is 12.2. The van der Waals surface area contributed by atoms with Crippen molar-refractivity contribution >= 4 is 0 Å². The van der Waals surface area contributed by atoms with E-state index in [0.717, 1.165) is 12.1 Å². The van der Waals surface area contributed by atoms with E-state index in [1.165, 1.54) is 12.1 Å². The van der Waals surface area contributed by atoms with Crippen LogP contribution >= 0.6 is 0 Å². The molecule has 1 aromatic rings. The van der Waals surface area contributed by atoms with E-state index in [1.807, 2.05) is 0 Å². The topological polar surface area (TPSA) is 9.23 Å². The van der Waals surface area contributed by atoms with Gasteiger partial charge in [-0.2, -0.15) is 13.2 Å². The maximum Gasteiger partial charge on any atom is 0.416 e. The van der Waals surface area contributed by atoms with Crippen LogP contribution in [-0.2, 0) is 17.5 Å².